The van der Waals surface area contributed by atoms with Gasteiger partial charge in [0, 0.05) is 25.7 Å². The highest BCUT2D eigenvalue weighted by molar-refractivity contribution is 7.47. The van der Waals surface area contributed by atoms with Gasteiger partial charge in [-0.2, -0.15) is 0 Å². The molecule has 3 unspecified atom stereocenters. The molecule has 17 nitrogen and oxygen atoms in total. The van der Waals surface area contributed by atoms with Crippen LogP contribution in [0, 0.1) is 5.92 Å². The van der Waals surface area contributed by atoms with Crippen molar-refractivity contribution in [2.24, 2.45) is 5.92 Å². The van der Waals surface area contributed by atoms with Crippen molar-refractivity contribution in [1.82, 2.24) is 0 Å². The second-order valence-corrected chi connectivity index (χ2v) is 33.0. The summed E-state index contributed by atoms with van der Waals surface area (Å²) in [4.78, 5) is 73.0. The Morgan fingerprint density at radius 3 is 0.696 bits per heavy atom. The van der Waals surface area contributed by atoms with Gasteiger partial charge in [-0.25, -0.2) is 9.13 Å². The van der Waals surface area contributed by atoms with E-state index in [4.69, 9.17) is 37.0 Å². The van der Waals surface area contributed by atoms with E-state index in [9.17, 15) is 43.2 Å². The number of esters is 4. The molecule has 6 atom stereocenters. The van der Waals surface area contributed by atoms with Crippen molar-refractivity contribution < 1.29 is 80.2 Å². The molecule has 0 bridgehead atoms. The van der Waals surface area contributed by atoms with Crippen LogP contribution in [0.5, 0.6) is 0 Å². The van der Waals surface area contributed by atoms with Crippen LogP contribution in [0.2, 0.25) is 0 Å². The van der Waals surface area contributed by atoms with Crippen molar-refractivity contribution in [2.45, 2.75) is 464 Å². The van der Waals surface area contributed by atoms with Gasteiger partial charge in [-0.15, -0.1) is 0 Å². The van der Waals surface area contributed by atoms with E-state index in [-0.39, 0.29) is 25.7 Å². The molecule has 0 saturated heterocycles. The van der Waals surface area contributed by atoms with Crippen LogP contribution in [0.1, 0.15) is 446 Å². The molecule has 0 rings (SSSR count). The summed E-state index contributed by atoms with van der Waals surface area (Å²) in [5.41, 5.74) is 0. The molecule has 0 aliphatic heterocycles. The van der Waals surface area contributed by atoms with Gasteiger partial charge in [0.15, 0.2) is 12.2 Å². The van der Waals surface area contributed by atoms with E-state index < -0.39 is 97.5 Å². The maximum atomic E-state index is 13.1. The average molecular weight is 1490 g/mol. The molecule has 0 heterocycles. The first-order valence-corrected chi connectivity index (χ1v) is 46.2. The molecule has 0 aromatic rings. The summed E-state index contributed by atoms with van der Waals surface area (Å²) in [6, 6.07) is 0. The number of hydrogen-bond donors (Lipinski definition) is 3. The van der Waals surface area contributed by atoms with E-state index in [1.807, 2.05) is 0 Å². The number of carbonyl (C=O) groups is 4. The molecular weight excluding hydrogens is 1330 g/mol. The van der Waals surface area contributed by atoms with E-state index in [1.54, 1.807) is 0 Å². The summed E-state index contributed by atoms with van der Waals surface area (Å²) in [6.45, 7) is 7.38. The Morgan fingerprint density at radius 1 is 0.275 bits per heavy atom. The zero-order chi connectivity index (χ0) is 74.8. The van der Waals surface area contributed by atoms with Gasteiger partial charge in [-0.3, -0.25) is 37.3 Å². The third kappa shape index (κ3) is 74.9. The fraction of sp³-hybridized carbons (Fsp3) is 0.952. The Kier molecular flexibility index (Phi) is 74.4. The predicted octanol–water partition coefficient (Wildman–Crippen LogP) is 25.2. The SMILES string of the molecule is CCCCCCCCCCCCCCCCCCCCCCC(=O)O[C@H](COC(=O)CCCCCCCCCCCCCCCCC(C)CC)COP(=O)(O)OC[C@@H](O)COP(=O)(O)OC[C@@H](COC(=O)CCCCCCCCCC)OC(=O)CCCCCCCCCCCCCCCCCC. The van der Waals surface area contributed by atoms with Crippen LogP contribution in [0.15, 0.2) is 0 Å². The maximum absolute atomic E-state index is 13.1. The van der Waals surface area contributed by atoms with Gasteiger partial charge < -0.3 is 33.8 Å². The van der Waals surface area contributed by atoms with Gasteiger partial charge in [0.25, 0.3) is 0 Å². The normalized spacial score (nSPS) is 14.1. The van der Waals surface area contributed by atoms with Gasteiger partial charge in [0.2, 0.25) is 0 Å². The summed E-state index contributed by atoms with van der Waals surface area (Å²) < 4.78 is 68.7. The minimum atomic E-state index is -4.96. The molecule has 0 aliphatic rings. The summed E-state index contributed by atoms with van der Waals surface area (Å²) in [5.74, 6) is -1.26. The Labute approximate surface area is 626 Å². The lowest BCUT2D eigenvalue weighted by Gasteiger charge is -2.21. The summed E-state index contributed by atoms with van der Waals surface area (Å²) in [5, 5.41) is 10.6. The quantitative estimate of drug-likeness (QED) is 0.0222. The van der Waals surface area contributed by atoms with E-state index in [1.165, 1.54) is 270 Å². The highest BCUT2D eigenvalue weighted by Crippen LogP contribution is 2.45. The van der Waals surface area contributed by atoms with Gasteiger partial charge >= 0.3 is 39.5 Å². The average Bonchev–Trinajstić information content (AvgIpc) is 0.916. The number of rotatable bonds is 83. The van der Waals surface area contributed by atoms with Crippen molar-refractivity contribution in [3.05, 3.63) is 0 Å². The van der Waals surface area contributed by atoms with Crippen LogP contribution in [-0.4, -0.2) is 96.7 Å². The number of hydrogen-bond acceptors (Lipinski definition) is 15. The zero-order valence-corrected chi connectivity index (χ0v) is 68.5. The summed E-state index contributed by atoms with van der Waals surface area (Å²) in [6.07, 6.45) is 68.0. The molecule has 0 amide bonds. The third-order valence-electron chi connectivity index (χ3n) is 19.9. The lowest BCUT2D eigenvalue weighted by atomic mass is 9.99. The van der Waals surface area contributed by atoms with Gasteiger partial charge in [-0.1, -0.05) is 394 Å². The monoisotopic (exact) mass is 1490 g/mol. The number of phosphoric acid groups is 2. The number of ether oxygens (including phenoxy) is 4. The molecule has 102 heavy (non-hydrogen) atoms. The van der Waals surface area contributed by atoms with Crippen molar-refractivity contribution in [2.75, 3.05) is 39.6 Å². The Balaban J connectivity index is 5.20. The maximum Gasteiger partial charge on any atom is 0.472 e. The highest BCUT2D eigenvalue weighted by Gasteiger charge is 2.30. The fourth-order valence-corrected chi connectivity index (χ4v) is 14.5. The van der Waals surface area contributed by atoms with Crippen molar-refractivity contribution in [3.63, 3.8) is 0 Å². The van der Waals surface area contributed by atoms with Crippen molar-refractivity contribution >= 4 is 39.5 Å². The van der Waals surface area contributed by atoms with Gasteiger partial charge in [0.1, 0.15) is 19.3 Å². The van der Waals surface area contributed by atoms with Gasteiger partial charge in [0.05, 0.1) is 26.4 Å². The molecular formula is C83H162O17P2. The smallest absolute Gasteiger partial charge is 0.462 e. The van der Waals surface area contributed by atoms with Crippen LogP contribution in [0.3, 0.4) is 0 Å². The molecule has 0 aromatic heterocycles. The molecule has 0 saturated carbocycles. The largest absolute Gasteiger partial charge is 0.472 e. The number of aliphatic hydroxyl groups excluding tert-OH is 1. The van der Waals surface area contributed by atoms with E-state index in [2.05, 4.69) is 34.6 Å². The highest BCUT2D eigenvalue weighted by atomic mass is 31.2. The standard InChI is InChI=1S/C83H162O17P2/c1-6-10-13-16-19-22-24-26-28-30-31-32-33-35-41-45-49-54-59-64-69-83(88)100-79(73-94-81(86)67-62-57-52-47-43-39-37-36-38-42-46-50-55-60-65-76(5)9-4)75-98-102(91,92)96-71-77(84)70-95-101(89,90)97-74-78(72-93-80(85)66-61-56-51-21-18-15-12-8-3)99-82(87)68-63-58-53-48-44-40-34-29-27-25-23-20-17-14-11-7-2/h76-79,84H,6-75H2,1-5H3,(H,89,90)(H,91,92)/t76?,77-,78+,79+/m0/s1. The van der Waals surface area contributed by atoms with E-state index in [0.717, 1.165) is 95.8 Å². The van der Waals surface area contributed by atoms with Crippen molar-refractivity contribution in [1.29, 1.82) is 0 Å². The Hall–Kier alpha value is -1.94. The minimum Gasteiger partial charge on any atom is -0.462 e. The second kappa shape index (κ2) is 75.9. The number of unbranched alkanes of at least 4 members (excludes halogenated alkanes) is 54. The van der Waals surface area contributed by atoms with Crippen LogP contribution < -0.4 is 0 Å². The molecule has 0 aromatic carbocycles. The first-order valence-electron chi connectivity index (χ1n) is 43.2. The molecule has 0 fully saturated rings. The number of carbonyl (C=O) groups excluding carboxylic acids is 4. The first-order chi connectivity index (χ1) is 49.6. The topological polar surface area (TPSA) is 237 Å². The lowest BCUT2D eigenvalue weighted by Crippen LogP contribution is -2.30. The van der Waals surface area contributed by atoms with Crippen LogP contribution in [0.4, 0.5) is 0 Å². The van der Waals surface area contributed by atoms with Crippen LogP contribution in [0.25, 0.3) is 0 Å². The zero-order valence-electron chi connectivity index (χ0n) is 66.8. The van der Waals surface area contributed by atoms with Crippen molar-refractivity contribution in [3.8, 4) is 0 Å². The Morgan fingerprint density at radius 2 is 0.471 bits per heavy atom. The fourth-order valence-electron chi connectivity index (χ4n) is 12.9. The molecule has 0 aliphatic carbocycles. The third-order valence-corrected chi connectivity index (χ3v) is 21.8. The van der Waals surface area contributed by atoms with E-state index >= 15 is 0 Å². The predicted molar refractivity (Wildman–Crippen MR) is 418 cm³/mol. The Bertz CT molecular complexity index is 1950. The van der Waals surface area contributed by atoms with Gasteiger partial charge in [-0.05, 0) is 31.6 Å². The second-order valence-electron chi connectivity index (χ2n) is 30.1. The first kappa shape index (κ1) is 100. The van der Waals surface area contributed by atoms with Crippen LogP contribution in [-0.2, 0) is 65.4 Å². The molecule has 0 spiro atoms. The molecule has 19 heteroatoms. The lowest BCUT2D eigenvalue weighted by molar-refractivity contribution is -0.161. The van der Waals surface area contributed by atoms with Crippen LogP contribution >= 0.6 is 15.6 Å². The summed E-state index contributed by atoms with van der Waals surface area (Å²) >= 11 is 0. The minimum absolute atomic E-state index is 0.109. The summed E-state index contributed by atoms with van der Waals surface area (Å²) in [7, 11) is -9.92. The molecule has 606 valence electrons. The molecule has 0 radical (unpaired) electrons. The van der Waals surface area contributed by atoms with E-state index in [0.29, 0.717) is 25.7 Å². The number of phosphoric ester groups is 2. The number of aliphatic hydroxyl groups is 1. The molecule has 3 N–H and O–H groups in total.